The van der Waals surface area contributed by atoms with E-state index in [1.165, 1.54) is 11.8 Å². The molecule has 0 spiro atoms. The highest BCUT2D eigenvalue weighted by Gasteiger charge is 2.33. The lowest BCUT2D eigenvalue weighted by Crippen LogP contribution is -2.39. The molecule has 7 heteroatoms. The number of carbonyl (C=O) groups is 1. The Balaban J connectivity index is 2.40. The molecule has 0 radical (unpaired) electrons. The van der Waals surface area contributed by atoms with Gasteiger partial charge in [0.15, 0.2) is 0 Å². The number of carbonyl (C=O) groups excluding carboxylic acids is 1. The van der Waals surface area contributed by atoms with Crippen molar-refractivity contribution in [2.45, 2.75) is 30.0 Å². The monoisotopic (exact) mass is 393 g/mol. The van der Waals surface area contributed by atoms with Crippen LogP contribution in [0.2, 0.25) is 0 Å². The van der Waals surface area contributed by atoms with Crippen LogP contribution >= 0.6 is 11.8 Å². The number of hydrogen-bond acceptors (Lipinski definition) is 5. The number of rotatable bonds is 8. The third-order valence-corrected chi connectivity index (χ3v) is 6.28. The Morgan fingerprint density at radius 2 is 1.73 bits per heavy atom. The topological polar surface area (TPSA) is 72.5 Å². The number of ether oxygens (including phenoxy) is 1. The first-order valence-electron chi connectivity index (χ1n) is 8.22. The van der Waals surface area contributed by atoms with Crippen LogP contribution in [0.25, 0.3) is 0 Å². The molecule has 26 heavy (non-hydrogen) atoms. The Morgan fingerprint density at radius 1 is 1.12 bits per heavy atom. The molecule has 2 rings (SSSR count). The van der Waals surface area contributed by atoms with Gasteiger partial charge in [-0.15, -0.1) is 11.8 Å². The highest BCUT2D eigenvalue weighted by molar-refractivity contribution is 8.00. The van der Waals surface area contributed by atoms with Crippen molar-refractivity contribution in [1.82, 2.24) is 4.72 Å². The first-order chi connectivity index (χ1) is 12.4. The zero-order valence-corrected chi connectivity index (χ0v) is 16.6. The summed E-state index contributed by atoms with van der Waals surface area (Å²) in [6, 6.07) is 14.9. The summed E-state index contributed by atoms with van der Waals surface area (Å²) in [4.78, 5) is 12.5. The van der Waals surface area contributed by atoms with Gasteiger partial charge in [-0.25, -0.2) is 13.1 Å². The van der Waals surface area contributed by atoms with Gasteiger partial charge in [0.05, 0.1) is 17.5 Å². The molecule has 0 heterocycles. The molecular weight excluding hydrogens is 370 g/mol. The fourth-order valence-corrected chi connectivity index (χ4v) is 4.59. The minimum atomic E-state index is -3.80. The number of nitrogens with one attached hydrogen (secondary N) is 1. The largest absolute Gasteiger partial charge is 0.465 e. The van der Waals surface area contributed by atoms with Crippen molar-refractivity contribution < 1.29 is 17.9 Å². The average molecular weight is 394 g/mol. The van der Waals surface area contributed by atoms with Gasteiger partial charge in [0, 0.05) is 0 Å². The standard InChI is InChI=1S/C19H23NO4S2/c1-4-24-19(21)18(25-3)17(15-8-6-5-7-9-15)20-26(22,23)16-12-10-14(2)11-13-16/h5-13,17-18,20H,4H2,1-3H3/t17-,18+/m1/s1. The van der Waals surface area contributed by atoms with E-state index in [0.717, 1.165) is 5.56 Å². The Kier molecular flexibility index (Phi) is 7.25. The molecule has 2 aromatic carbocycles. The second-order valence-corrected chi connectivity index (χ2v) is 8.42. The lowest BCUT2D eigenvalue weighted by atomic mass is 10.0. The molecule has 0 aliphatic rings. The molecule has 140 valence electrons. The van der Waals surface area contributed by atoms with Crippen LogP contribution in [0, 0.1) is 6.92 Å². The third-order valence-electron chi connectivity index (χ3n) is 3.85. The van der Waals surface area contributed by atoms with E-state index in [1.807, 2.05) is 25.1 Å². The van der Waals surface area contributed by atoms with Gasteiger partial charge in [-0.05, 0) is 37.8 Å². The minimum absolute atomic E-state index is 0.160. The normalized spacial score (nSPS) is 13.8. The van der Waals surface area contributed by atoms with E-state index in [1.54, 1.807) is 49.6 Å². The van der Waals surface area contributed by atoms with Gasteiger partial charge in [0.2, 0.25) is 10.0 Å². The maximum absolute atomic E-state index is 12.9. The highest BCUT2D eigenvalue weighted by atomic mass is 32.2. The molecule has 0 fully saturated rings. The van der Waals surface area contributed by atoms with E-state index in [2.05, 4.69) is 4.72 Å². The van der Waals surface area contributed by atoms with Crippen molar-refractivity contribution in [3.05, 3.63) is 65.7 Å². The maximum atomic E-state index is 12.9. The minimum Gasteiger partial charge on any atom is -0.465 e. The van der Waals surface area contributed by atoms with Crippen molar-refractivity contribution in [2.75, 3.05) is 12.9 Å². The Morgan fingerprint density at radius 3 is 2.27 bits per heavy atom. The fourth-order valence-electron chi connectivity index (χ4n) is 2.51. The van der Waals surface area contributed by atoms with Crippen LogP contribution in [0.1, 0.15) is 24.1 Å². The molecule has 0 saturated heterocycles. The summed E-state index contributed by atoms with van der Waals surface area (Å²) in [5.41, 5.74) is 1.67. The number of esters is 1. The summed E-state index contributed by atoms with van der Waals surface area (Å²) in [6.07, 6.45) is 1.76. The number of benzene rings is 2. The molecule has 1 N–H and O–H groups in total. The average Bonchev–Trinajstić information content (AvgIpc) is 2.63. The summed E-state index contributed by atoms with van der Waals surface area (Å²) in [5.74, 6) is -0.444. The molecule has 0 amide bonds. The van der Waals surface area contributed by atoms with Crippen LogP contribution in [0.3, 0.4) is 0 Å². The van der Waals surface area contributed by atoms with E-state index >= 15 is 0 Å². The predicted molar refractivity (Wildman–Crippen MR) is 105 cm³/mol. The molecule has 0 aliphatic carbocycles. The van der Waals surface area contributed by atoms with Gasteiger partial charge in [0.25, 0.3) is 0 Å². The summed E-state index contributed by atoms with van der Waals surface area (Å²) in [5, 5.41) is -0.697. The molecule has 0 aliphatic heterocycles. The summed E-state index contributed by atoms with van der Waals surface area (Å²) in [7, 11) is -3.80. The van der Waals surface area contributed by atoms with Crippen LogP contribution < -0.4 is 4.72 Å². The fraction of sp³-hybridized carbons (Fsp3) is 0.316. The number of hydrogen-bond donors (Lipinski definition) is 1. The van der Waals surface area contributed by atoms with Gasteiger partial charge in [-0.3, -0.25) is 4.79 Å². The van der Waals surface area contributed by atoms with Crippen LogP contribution in [0.5, 0.6) is 0 Å². The molecule has 0 bridgehead atoms. The molecule has 0 unspecified atom stereocenters. The molecular formula is C19H23NO4S2. The first kappa shape index (κ1) is 20.5. The van der Waals surface area contributed by atoms with Gasteiger partial charge < -0.3 is 4.74 Å². The van der Waals surface area contributed by atoms with Gasteiger partial charge in [-0.1, -0.05) is 48.0 Å². The molecule has 0 aromatic heterocycles. The lowest BCUT2D eigenvalue weighted by molar-refractivity contribution is -0.142. The van der Waals surface area contributed by atoms with Crippen LogP contribution in [-0.4, -0.2) is 32.5 Å². The lowest BCUT2D eigenvalue weighted by Gasteiger charge is -2.25. The van der Waals surface area contributed by atoms with Gasteiger partial charge in [-0.2, -0.15) is 0 Å². The molecule has 2 atom stereocenters. The third kappa shape index (κ3) is 5.09. The summed E-state index contributed by atoms with van der Waals surface area (Å²) < 4.78 is 33.5. The van der Waals surface area contributed by atoms with E-state index in [0.29, 0.717) is 5.56 Å². The van der Waals surface area contributed by atoms with Crippen molar-refractivity contribution in [2.24, 2.45) is 0 Å². The van der Waals surface area contributed by atoms with Crippen molar-refractivity contribution in [3.63, 3.8) is 0 Å². The van der Waals surface area contributed by atoms with Crippen LogP contribution in [0.4, 0.5) is 0 Å². The van der Waals surface area contributed by atoms with E-state index in [9.17, 15) is 13.2 Å². The van der Waals surface area contributed by atoms with Gasteiger partial charge >= 0.3 is 5.97 Å². The maximum Gasteiger partial charge on any atom is 0.321 e. The Labute approximate surface area is 159 Å². The second kappa shape index (κ2) is 9.21. The first-order valence-corrected chi connectivity index (χ1v) is 11.0. The number of thioether (sulfide) groups is 1. The zero-order chi connectivity index (χ0) is 19.2. The SMILES string of the molecule is CCOC(=O)[C@@H](SC)[C@H](NS(=O)(=O)c1ccc(C)cc1)c1ccccc1. The quantitative estimate of drug-likeness (QED) is 0.697. The number of sulfonamides is 1. The van der Waals surface area contributed by atoms with Gasteiger partial charge in [0.1, 0.15) is 5.25 Å². The second-order valence-electron chi connectivity index (χ2n) is 5.73. The smallest absolute Gasteiger partial charge is 0.321 e. The highest BCUT2D eigenvalue weighted by Crippen LogP contribution is 2.28. The Bertz CT molecular complexity index is 820. The van der Waals surface area contributed by atoms with E-state index in [-0.39, 0.29) is 11.5 Å². The molecule has 5 nitrogen and oxygen atoms in total. The summed E-state index contributed by atoms with van der Waals surface area (Å²) in [6.45, 7) is 3.85. The van der Waals surface area contributed by atoms with E-state index < -0.39 is 27.3 Å². The van der Waals surface area contributed by atoms with Crippen molar-refractivity contribution in [3.8, 4) is 0 Å². The zero-order valence-electron chi connectivity index (χ0n) is 15.0. The molecule has 0 saturated carbocycles. The van der Waals surface area contributed by atoms with Crippen molar-refractivity contribution in [1.29, 1.82) is 0 Å². The van der Waals surface area contributed by atoms with Crippen LogP contribution in [0.15, 0.2) is 59.5 Å². The van der Waals surface area contributed by atoms with E-state index in [4.69, 9.17) is 4.74 Å². The number of aryl methyl sites for hydroxylation is 1. The Hall–Kier alpha value is -1.83. The molecule has 2 aromatic rings. The predicted octanol–water partition coefficient (Wildman–Crippen LogP) is 3.31. The van der Waals surface area contributed by atoms with Crippen molar-refractivity contribution >= 4 is 27.8 Å². The van der Waals surface area contributed by atoms with Crippen LogP contribution in [-0.2, 0) is 19.6 Å². The summed E-state index contributed by atoms with van der Waals surface area (Å²) >= 11 is 1.26.